The predicted molar refractivity (Wildman–Crippen MR) is 117 cm³/mol. The van der Waals surface area contributed by atoms with E-state index in [1.165, 1.54) is 30.3 Å². The van der Waals surface area contributed by atoms with E-state index in [0.717, 1.165) is 23.5 Å². The van der Waals surface area contributed by atoms with E-state index < -0.39 is 11.0 Å². The molecule has 1 N–H and O–H groups in total. The van der Waals surface area contributed by atoms with Crippen molar-refractivity contribution in [2.75, 3.05) is 18.8 Å². The number of hydrogen-bond acceptors (Lipinski definition) is 5. The Bertz CT molecular complexity index is 968. The Labute approximate surface area is 184 Å². The van der Waals surface area contributed by atoms with E-state index in [0.29, 0.717) is 30.6 Å². The molecule has 2 aromatic rings. The number of thioether (sulfide) groups is 1. The minimum atomic E-state index is -0.534. The van der Waals surface area contributed by atoms with Gasteiger partial charge in [-0.15, -0.1) is 11.8 Å². The minimum Gasteiger partial charge on any atom is -0.354 e. The number of nitrogens with zero attached hydrogens (tertiary/aromatic N) is 2. The van der Waals surface area contributed by atoms with Crippen LogP contribution in [-0.4, -0.2) is 46.5 Å². The van der Waals surface area contributed by atoms with Crippen molar-refractivity contribution in [1.29, 1.82) is 0 Å². The maximum absolute atomic E-state index is 12.9. The lowest BCUT2D eigenvalue weighted by Gasteiger charge is -2.24. The third kappa shape index (κ3) is 5.81. The van der Waals surface area contributed by atoms with Gasteiger partial charge in [-0.1, -0.05) is 0 Å². The van der Waals surface area contributed by atoms with Crippen molar-refractivity contribution >= 4 is 29.3 Å². The number of rotatable bonds is 8. The summed E-state index contributed by atoms with van der Waals surface area (Å²) < 4.78 is 12.9. The van der Waals surface area contributed by atoms with Crippen LogP contribution in [0.15, 0.2) is 47.4 Å². The first-order valence-corrected chi connectivity index (χ1v) is 11.1. The average Bonchev–Trinajstić information content (AvgIpc) is 3.24. The average molecular weight is 446 g/mol. The van der Waals surface area contributed by atoms with Crippen molar-refractivity contribution in [3.63, 3.8) is 0 Å². The summed E-state index contributed by atoms with van der Waals surface area (Å²) in [7, 11) is 0. The molecule has 0 aromatic heterocycles. The number of hydrogen-bond donors (Lipinski definition) is 1. The van der Waals surface area contributed by atoms with Gasteiger partial charge in [0, 0.05) is 35.2 Å². The summed E-state index contributed by atoms with van der Waals surface area (Å²) in [6.45, 7) is 2.56. The molecule has 164 valence electrons. The van der Waals surface area contributed by atoms with Crippen molar-refractivity contribution in [2.24, 2.45) is 0 Å². The Hall–Kier alpha value is -2.94. The van der Waals surface area contributed by atoms with Gasteiger partial charge in [-0.25, -0.2) is 4.39 Å². The van der Waals surface area contributed by atoms with Gasteiger partial charge in [0.1, 0.15) is 11.9 Å². The lowest BCUT2D eigenvalue weighted by Crippen LogP contribution is -2.46. The molecule has 2 amide bonds. The van der Waals surface area contributed by atoms with Crippen LogP contribution in [-0.2, 0) is 4.79 Å². The summed E-state index contributed by atoms with van der Waals surface area (Å²) in [5.74, 6) is 0.0383. The molecule has 1 saturated heterocycles. The quantitative estimate of drug-likeness (QED) is 0.288. The van der Waals surface area contributed by atoms with E-state index in [-0.39, 0.29) is 23.3 Å². The zero-order valence-electron chi connectivity index (χ0n) is 17.2. The van der Waals surface area contributed by atoms with E-state index in [1.54, 1.807) is 35.7 Å². The first-order chi connectivity index (χ1) is 14.9. The van der Waals surface area contributed by atoms with Gasteiger partial charge in [0.25, 0.3) is 11.6 Å². The molecular formula is C22H24FN3O4S. The van der Waals surface area contributed by atoms with Crippen LogP contribution in [0.4, 0.5) is 10.1 Å². The highest BCUT2D eigenvalue weighted by molar-refractivity contribution is 7.99. The lowest BCUT2D eigenvalue weighted by atomic mass is 10.1. The molecule has 1 unspecified atom stereocenters. The van der Waals surface area contributed by atoms with Gasteiger partial charge in [0.2, 0.25) is 5.91 Å². The zero-order chi connectivity index (χ0) is 22.4. The van der Waals surface area contributed by atoms with Crippen LogP contribution in [0.2, 0.25) is 0 Å². The van der Waals surface area contributed by atoms with Crippen LogP contribution >= 0.6 is 11.8 Å². The van der Waals surface area contributed by atoms with E-state index in [2.05, 4.69) is 5.32 Å². The molecule has 9 heteroatoms. The van der Waals surface area contributed by atoms with Gasteiger partial charge < -0.3 is 10.2 Å². The summed E-state index contributed by atoms with van der Waals surface area (Å²) in [6, 6.07) is 10.0. The van der Waals surface area contributed by atoms with Crippen LogP contribution in [0.1, 0.15) is 35.2 Å². The largest absolute Gasteiger partial charge is 0.354 e. The van der Waals surface area contributed by atoms with Crippen molar-refractivity contribution in [1.82, 2.24) is 10.2 Å². The normalized spacial score (nSPS) is 15.7. The predicted octanol–water partition coefficient (Wildman–Crippen LogP) is 3.95. The van der Waals surface area contributed by atoms with Gasteiger partial charge in [-0.2, -0.15) is 0 Å². The first-order valence-electron chi connectivity index (χ1n) is 10.1. The number of likely N-dealkylation sites (tertiary alicyclic amines) is 1. The lowest BCUT2D eigenvalue weighted by molar-refractivity contribution is -0.385. The fraction of sp³-hybridized carbons (Fsp3) is 0.364. The molecule has 3 rings (SSSR count). The number of amides is 2. The number of nitro benzene ring substituents is 1. The monoisotopic (exact) mass is 445 g/mol. The van der Waals surface area contributed by atoms with E-state index in [4.69, 9.17) is 0 Å². The third-order valence-corrected chi connectivity index (χ3v) is 6.26. The molecule has 0 bridgehead atoms. The highest BCUT2D eigenvalue weighted by atomic mass is 32.2. The molecule has 2 aromatic carbocycles. The SMILES string of the molecule is Cc1cc(C(=O)N2CCCC2C(=O)NCCCSc2ccc(F)cc2)ccc1[N+](=O)[O-]. The highest BCUT2D eigenvalue weighted by Crippen LogP contribution is 2.24. The van der Waals surface area contributed by atoms with Crippen molar-refractivity contribution in [3.8, 4) is 0 Å². The fourth-order valence-corrected chi connectivity index (χ4v) is 4.42. The second kappa shape index (κ2) is 10.4. The summed E-state index contributed by atoms with van der Waals surface area (Å²) >= 11 is 1.59. The zero-order valence-corrected chi connectivity index (χ0v) is 18.0. The van der Waals surface area contributed by atoms with Crippen LogP contribution in [0, 0.1) is 22.9 Å². The van der Waals surface area contributed by atoms with Crippen LogP contribution in [0.5, 0.6) is 0 Å². The van der Waals surface area contributed by atoms with Gasteiger partial charge in [0.15, 0.2) is 0 Å². The summed E-state index contributed by atoms with van der Waals surface area (Å²) in [4.78, 5) is 38.5. The number of nitrogens with one attached hydrogen (secondary N) is 1. The molecule has 31 heavy (non-hydrogen) atoms. The Morgan fingerprint density at radius 3 is 2.68 bits per heavy atom. The Morgan fingerprint density at radius 1 is 1.26 bits per heavy atom. The van der Waals surface area contributed by atoms with Crippen LogP contribution in [0.3, 0.4) is 0 Å². The molecule has 1 aliphatic rings. The fourth-order valence-electron chi connectivity index (χ4n) is 3.56. The van der Waals surface area contributed by atoms with Gasteiger partial charge in [-0.3, -0.25) is 19.7 Å². The molecule has 0 radical (unpaired) electrons. The second-order valence-electron chi connectivity index (χ2n) is 7.36. The molecule has 1 aliphatic heterocycles. The van der Waals surface area contributed by atoms with Gasteiger partial charge in [-0.05, 0) is 68.3 Å². The standard InChI is InChI=1S/C22H24FN3O4S/c1-15-14-16(5-10-19(15)26(29)30)22(28)25-12-2-4-20(25)21(27)24-11-3-13-31-18-8-6-17(23)7-9-18/h5-10,14,20H,2-4,11-13H2,1H3,(H,24,27). The van der Waals surface area contributed by atoms with Crippen molar-refractivity contribution < 1.29 is 18.9 Å². The Morgan fingerprint density at radius 2 is 2.00 bits per heavy atom. The molecular weight excluding hydrogens is 421 g/mol. The summed E-state index contributed by atoms with van der Waals surface area (Å²) in [5.41, 5.74) is 0.721. The molecule has 1 heterocycles. The van der Waals surface area contributed by atoms with E-state index >= 15 is 0 Å². The smallest absolute Gasteiger partial charge is 0.272 e. The molecule has 7 nitrogen and oxygen atoms in total. The highest BCUT2D eigenvalue weighted by Gasteiger charge is 2.34. The number of benzene rings is 2. The number of nitro groups is 1. The molecule has 0 aliphatic carbocycles. The Kier molecular flexibility index (Phi) is 7.62. The number of carbonyl (C=O) groups excluding carboxylic acids is 2. The Balaban J connectivity index is 1.50. The molecule has 1 atom stereocenters. The van der Waals surface area contributed by atoms with Crippen molar-refractivity contribution in [3.05, 3.63) is 69.5 Å². The van der Waals surface area contributed by atoms with Crippen molar-refractivity contribution in [2.45, 2.75) is 37.1 Å². The molecule has 0 spiro atoms. The molecule has 1 fully saturated rings. The van der Waals surface area contributed by atoms with Crippen LogP contribution in [0.25, 0.3) is 0 Å². The third-order valence-electron chi connectivity index (χ3n) is 5.16. The number of halogens is 1. The first kappa shape index (κ1) is 22.7. The topological polar surface area (TPSA) is 92.6 Å². The number of carbonyl (C=O) groups is 2. The van der Waals surface area contributed by atoms with E-state index in [1.807, 2.05) is 0 Å². The second-order valence-corrected chi connectivity index (χ2v) is 8.53. The number of aryl methyl sites for hydroxylation is 1. The van der Waals surface area contributed by atoms with Crippen LogP contribution < -0.4 is 5.32 Å². The van der Waals surface area contributed by atoms with E-state index in [9.17, 15) is 24.1 Å². The minimum absolute atomic E-state index is 0.0363. The summed E-state index contributed by atoms with van der Waals surface area (Å²) in [5, 5.41) is 13.9. The molecule has 0 saturated carbocycles. The summed E-state index contributed by atoms with van der Waals surface area (Å²) in [6.07, 6.45) is 2.07. The van der Waals surface area contributed by atoms with Gasteiger partial charge in [0.05, 0.1) is 4.92 Å². The van der Waals surface area contributed by atoms with Gasteiger partial charge >= 0.3 is 0 Å². The maximum Gasteiger partial charge on any atom is 0.272 e. The maximum atomic E-state index is 12.9.